The van der Waals surface area contributed by atoms with Crippen molar-refractivity contribution in [3.05, 3.63) is 40.0 Å². The fraction of sp³-hybridized carbons (Fsp3) is 0.621. The van der Waals surface area contributed by atoms with E-state index in [1.165, 1.54) is 0 Å². The molecule has 40 heavy (non-hydrogen) atoms. The molecule has 3 aliphatic rings. The third kappa shape index (κ3) is 5.68. The predicted molar refractivity (Wildman–Crippen MR) is 148 cm³/mol. The number of rotatable bonds is 8. The van der Waals surface area contributed by atoms with Crippen molar-refractivity contribution in [1.29, 1.82) is 0 Å². The molecule has 216 valence electrons. The molecule has 1 aromatic heterocycles. The van der Waals surface area contributed by atoms with Crippen LogP contribution in [0.5, 0.6) is 5.75 Å². The second-order valence-electron chi connectivity index (χ2n) is 11.3. The number of hydrogen-bond donors (Lipinski definition) is 1. The van der Waals surface area contributed by atoms with Crippen molar-refractivity contribution in [1.82, 2.24) is 25.3 Å². The molecule has 0 bridgehead atoms. The van der Waals surface area contributed by atoms with E-state index >= 15 is 0 Å². The minimum Gasteiger partial charge on any atom is -0.485 e. The number of carbonyl (C=O) groups excluding carboxylic acids is 3. The summed E-state index contributed by atoms with van der Waals surface area (Å²) in [6, 6.07) is 3.17. The SMILES string of the molecule is CNC(=O)[C@@H]1CCCCC1C(=O)N1CCc2c(Cl)ccc(OCc3noc(C(C)C)n3)c2[C@H]1CN1CCCC1=O. The van der Waals surface area contributed by atoms with Crippen LogP contribution < -0.4 is 10.1 Å². The number of amides is 3. The fourth-order valence-electron chi connectivity index (χ4n) is 6.31. The van der Waals surface area contributed by atoms with Crippen LogP contribution in [0.1, 0.15) is 87.2 Å². The van der Waals surface area contributed by atoms with Crippen molar-refractivity contribution in [2.45, 2.75) is 77.4 Å². The van der Waals surface area contributed by atoms with Crippen LogP contribution in [0.25, 0.3) is 0 Å². The minimum absolute atomic E-state index is 0.0405. The van der Waals surface area contributed by atoms with Crippen LogP contribution in [0, 0.1) is 11.8 Å². The Morgan fingerprint density at radius 2 is 1.93 bits per heavy atom. The molecule has 2 fully saturated rings. The highest BCUT2D eigenvalue weighted by Crippen LogP contribution is 2.43. The van der Waals surface area contributed by atoms with Gasteiger partial charge in [-0.15, -0.1) is 0 Å². The average molecular weight is 572 g/mol. The van der Waals surface area contributed by atoms with Gasteiger partial charge < -0.3 is 24.4 Å². The Balaban J connectivity index is 1.49. The zero-order valence-electron chi connectivity index (χ0n) is 23.5. The van der Waals surface area contributed by atoms with Crippen LogP contribution in [0.15, 0.2) is 16.7 Å². The van der Waals surface area contributed by atoms with Crippen LogP contribution in [0.4, 0.5) is 0 Å². The topological polar surface area (TPSA) is 118 Å². The van der Waals surface area contributed by atoms with Crippen LogP contribution in [-0.2, 0) is 27.4 Å². The molecular weight excluding hydrogens is 534 g/mol. The molecule has 3 amide bonds. The zero-order valence-corrected chi connectivity index (χ0v) is 24.2. The number of nitrogens with one attached hydrogen (secondary N) is 1. The van der Waals surface area contributed by atoms with Gasteiger partial charge in [-0.05, 0) is 43.4 Å². The van der Waals surface area contributed by atoms with Crippen LogP contribution >= 0.6 is 11.6 Å². The van der Waals surface area contributed by atoms with Gasteiger partial charge in [-0.1, -0.05) is 43.4 Å². The highest BCUT2D eigenvalue weighted by Gasteiger charge is 2.43. The van der Waals surface area contributed by atoms with Crippen molar-refractivity contribution < 1.29 is 23.6 Å². The van der Waals surface area contributed by atoms with Crippen LogP contribution in [0.2, 0.25) is 5.02 Å². The number of ether oxygens (including phenoxy) is 1. The van der Waals surface area contributed by atoms with Crippen molar-refractivity contribution in [2.24, 2.45) is 11.8 Å². The number of fused-ring (bicyclic) bond motifs is 1. The number of likely N-dealkylation sites (tertiary alicyclic amines) is 1. The lowest BCUT2D eigenvalue weighted by molar-refractivity contribution is -0.147. The molecule has 1 aromatic carbocycles. The number of hydrogen-bond acceptors (Lipinski definition) is 7. The zero-order chi connectivity index (χ0) is 28.4. The summed E-state index contributed by atoms with van der Waals surface area (Å²) in [5.41, 5.74) is 1.73. The molecule has 2 aliphatic heterocycles. The van der Waals surface area contributed by atoms with E-state index in [0.29, 0.717) is 67.8 Å². The summed E-state index contributed by atoms with van der Waals surface area (Å²) < 4.78 is 11.6. The van der Waals surface area contributed by atoms with Gasteiger partial charge in [0, 0.05) is 61.4 Å². The second-order valence-corrected chi connectivity index (χ2v) is 11.7. The summed E-state index contributed by atoms with van der Waals surface area (Å²) in [6.45, 7) is 5.51. The van der Waals surface area contributed by atoms with E-state index in [-0.39, 0.29) is 36.2 Å². The Morgan fingerprint density at radius 1 is 1.15 bits per heavy atom. The Labute approximate surface area is 239 Å². The number of halogens is 1. The van der Waals surface area contributed by atoms with E-state index in [9.17, 15) is 14.4 Å². The number of carbonyl (C=O) groups is 3. The normalized spacial score (nSPS) is 22.9. The summed E-state index contributed by atoms with van der Waals surface area (Å²) in [4.78, 5) is 47.8. The van der Waals surface area contributed by atoms with E-state index in [1.807, 2.05) is 35.8 Å². The third-order valence-corrected chi connectivity index (χ3v) is 8.77. The highest BCUT2D eigenvalue weighted by molar-refractivity contribution is 6.31. The molecule has 1 aliphatic carbocycles. The lowest BCUT2D eigenvalue weighted by atomic mass is 9.77. The van der Waals surface area contributed by atoms with Gasteiger partial charge in [0.1, 0.15) is 5.75 Å². The summed E-state index contributed by atoms with van der Waals surface area (Å²) in [7, 11) is 1.62. The molecule has 1 saturated carbocycles. The summed E-state index contributed by atoms with van der Waals surface area (Å²) in [6.07, 6.45) is 5.06. The van der Waals surface area contributed by atoms with Crippen molar-refractivity contribution >= 4 is 29.3 Å². The van der Waals surface area contributed by atoms with Crippen molar-refractivity contribution in [3.63, 3.8) is 0 Å². The largest absolute Gasteiger partial charge is 0.485 e. The van der Waals surface area contributed by atoms with Crippen LogP contribution in [0.3, 0.4) is 0 Å². The molecule has 5 rings (SSSR count). The lowest BCUT2D eigenvalue weighted by Crippen LogP contribution is -2.50. The van der Waals surface area contributed by atoms with Crippen molar-refractivity contribution in [2.75, 3.05) is 26.7 Å². The van der Waals surface area contributed by atoms with Gasteiger partial charge in [0.05, 0.1) is 6.04 Å². The third-order valence-electron chi connectivity index (χ3n) is 8.42. The number of benzene rings is 1. The molecular formula is C29H38ClN5O5. The number of aromatic nitrogens is 2. The quantitative estimate of drug-likeness (QED) is 0.508. The van der Waals surface area contributed by atoms with E-state index in [1.54, 1.807) is 7.05 Å². The molecule has 3 atom stereocenters. The first-order chi connectivity index (χ1) is 19.3. The van der Waals surface area contributed by atoms with Crippen molar-refractivity contribution in [3.8, 4) is 5.75 Å². The molecule has 1 unspecified atom stereocenters. The lowest BCUT2D eigenvalue weighted by Gasteiger charge is -2.43. The molecule has 0 spiro atoms. The smallest absolute Gasteiger partial charge is 0.229 e. The highest BCUT2D eigenvalue weighted by atomic mass is 35.5. The van der Waals surface area contributed by atoms with E-state index in [4.69, 9.17) is 20.9 Å². The summed E-state index contributed by atoms with van der Waals surface area (Å²) >= 11 is 6.71. The molecule has 11 heteroatoms. The minimum atomic E-state index is -0.448. The standard InChI is InChI=1S/C29H38ClN5O5/c1-17(2)28-32-24(33-40-28)16-39-23-11-10-21(30)20-12-14-35(22(26(20)23)15-34-13-6-9-25(34)36)29(38)19-8-5-4-7-18(19)27(37)31-3/h10-11,17-19,22H,4-9,12-16H2,1-3H3,(H,31,37)/t18-,19?,22-/m1/s1. The maximum atomic E-state index is 14.2. The van der Waals surface area contributed by atoms with Gasteiger partial charge in [-0.25, -0.2) is 0 Å². The summed E-state index contributed by atoms with van der Waals surface area (Å²) in [5, 5.41) is 7.40. The van der Waals surface area contributed by atoms with Gasteiger partial charge in [0.25, 0.3) is 0 Å². The second kappa shape index (κ2) is 12.2. The number of nitrogens with zero attached hydrogens (tertiary/aromatic N) is 4. The van der Waals surface area contributed by atoms with Gasteiger partial charge in [0.15, 0.2) is 6.61 Å². The Morgan fingerprint density at radius 3 is 2.60 bits per heavy atom. The first-order valence-corrected chi connectivity index (χ1v) is 14.7. The predicted octanol–water partition coefficient (Wildman–Crippen LogP) is 4.03. The van der Waals surface area contributed by atoms with Gasteiger partial charge in [0.2, 0.25) is 29.4 Å². The van der Waals surface area contributed by atoms with Gasteiger partial charge in [-0.3, -0.25) is 14.4 Å². The first kappa shape index (κ1) is 28.4. The average Bonchev–Trinajstić information content (AvgIpc) is 3.61. The van der Waals surface area contributed by atoms with E-state index < -0.39 is 12.0 Å². The van der Waals surface area contributed by atoms with E-state index in [2.05, 4.69) is 15.5 Å². The van der Waals surface area contributed by atoms with Gasteiger partial charge >= 0.3 is 0 Å². The summed E-state index contributed by atoms with van der Waals surface area (Å²) in [5.74, 6) is 0.847. The molecule has 1 saturated heterocycles. The maximum absolute atomic E-state index is 14.2. The van der Waals surface area contributed by atoms with Crippen LogP contribution in [-0.4, -0.2) is 64.3 Å². The maximum Gasteiger partial charge on any atom is 0.229 e. The first-order valence-electron chi connectivity index (χ1n) is 14.3. The Hall–Kier alpha value is -3.14. The molecule has 1 N–H and O–H groups in total. The van der Waals surface area contributed by atoms with E-state index in [0.717, 1.165) is 30.4 Å². The fourth-order valence-corrected chi connectivity index (χ4v) is 6.57. The molecule has 2 aromatic rings. The Bertz CT molecular complexity index is 1260. The molecule has 3 heterocycles. The Kier molecular flexibility index (Phi) is 8.63. The molecule has 10 nitrogen and oxygen atoms in total. The molecule has 0 radical (unpaired) electrons. The monoisotopic (exact) mass is 571 g/mol. The van der Waals surface area contributed by atoms with Gasteiger partial charge in [-0.2, -0.15) is 4.98 Å².